The fourth-order valence-electron chi connectivity index (χ4n) is 2.16. The summed E-state index contributed by atoms with van der Waals surface area (Å²) in [7, 11) is 0. The minimum Gasteiger partial charge on any atom is -0.337 e. The first-order valence-electron chi connectivity index (χ1n) is 6.20. The number of halogens is 2. The molecule has 1 aliphatic heterocycles. The van der Waals surface area contributed by atoms with Crippen LogP contribution in [0.4, 0.5) is 0 Å². The first-order chi connectivity index (χ1) is 8.31. The quantitative estimate of drug-likeness (QED) is 0.924. The Balaban J connectivity index is 0.00000162. The molecule has 1 aromatic heterocycles. The lowest BCUT2D eigenvalue weighted by Gasteiger charge is -2.23. The molecule has 0 bridgehead atoms. The third-order valence-corrected chi connectivity index (χ3v) is 3.18. The molecule has 0 aliphatic carbocycles. The van der Waals surface area contributed by atoms with Gasteiger partial charge >= 0.3 is 0 Å². The maximum absolute atomic E-state index is 12.2. The zero-order valence-electron chi connectivity index (χ0n) is 11.0. The number of pyridine rings is 1. The highest BCUT2D eigenvalue weighted by Gasteiger charge is 2.26. The molecule has 1 amide bonds. The van der Waals surface area contributed by atoms with Gasteiger partial charge in [0.1, 0.15) is 0 Å². The fraction of sp³-hybridized carbons (Fsp3) is 0.538. The highest BCUT2D eigenvalue weighted by Crippen LogP contribution is 2.13. The van der Waals surface area contributed by atoms with Crippen LogP contribution in [-0.2, 0) is 11.3 Å². The van der Waals surface area contributed by atoms with Gasteiger partial charge in [-0.2, -0.15) is 0 Å². The number of rotatable bonds is 4. The third kappa shape index (κ3) is 4.97. The van der Waals surface area contributed by atoms with Crippen molar-refractivity contribution in [1.82, 2.24) is 15.2 Å². The normalized spacial score (nSPS) is 17.2. The molecular formula is C13H21Cl2N3O. The van der Waals surface area contributed by atoms with Crippen molar-refractivity contribution in [2.45, 2.75) is 19.9 Å². The van der Waals surface area contributed by atoms with Crippen molar-refractivity contribution in [2.75, 3.05) is 19.6 Å². The van der Waals surface area contributed by atoms with Crippen LogP contribution < -0.4 is 5.32 Å². The van der Waals surface area contributed by atoms with Gasteiger partial charge in [0.2, 0.25) is 5.91 Å². The lowest BCUT2D eigenvalue weighted by molar-refractivity contribution is -0.135. The molecule has 1 N–H and O–H groups in total. The largest absolute Gasteiger partial charge is 0.337 e. The summed E-state index contributed by atoms with van der Waals surface area (Å²) >= 11 is 0. The van der Waals surface area contributed by atoms with Gasteiger partial charge in [0, 0.05) is 19.3 Å². The first kappa shape index (κ1) is 18.2. The van der Waals surface area contributed by atoms with Gasteiger partial charge in [0.15, 0.2) is 0 Å². The molecule has 19 heavy (non-hydrogen) atoms. The Bertz CT molecular complexity index is 369. The molecule has 4 nitrogen and oxygen atoms in total. The van der Waals surface area contributed by atoms with Crippen LogP contribution in [0.5, 0.6) is 0 Å². The predicted molar refractivity (Wildman–Crippen MR) is 80.8 cm³/mol. The van der Waals surface area contributed by atoms with E-state index in [1.165, 1.54) is 0 Å². The molecule has 0 spiro atoms. The van der Waals surface area contributed by atoms with Gasteiger partial charge < -0.3 is 10.2 Å². The lowest BCUT2D eigenvalue weighted by Crippen LogP contribution is -2.36. The van der Waals surface area contributed by atoms with Crippen LogP contribution in [0.3, 0.4) is 0 Å². The molecule has 108 valence electrons. The predicted octanol–water partition coefficient (Wildman–Crippen LogP) is 1.88. The summed E-state index contributed by atoms with van der Waals surface area (Å²) < 4.78 is 0. The summed E-state index contributed by atoms with van der Waals surface area (Å²) in [4.78, 5) is 18.4. The van der Waals surface area contributed by atoms with Crippen LogP contribution in [0.1, 0.15) is 19.0 Å². The van der Waals surface area contributed by atoms with E-state index in [1.54, 1.807) is 6.20 Å². The minimum atomic E-state index is 0. The molecule has 2 rings (SSSR count). The Kier molecular flexibility index (Phi) is 8.72. The van der Waals surface area contributed by atoms with Crippen molar-refractivity contribution in [1.29, 1.82) is 0 Å². The summed E-state index contributed by atoms with van der Waals surface area (Å²) in [5.41, 5.74) is 0.952. The molecule has 1 aliphatic rings. The molecule has 1 saturated heterocycles. The smallest absolute Gasteiger partial charge is 0.227 e. The molecule has 1 aromatic rings. The van der Waals surface area contributed by atoms with Crippen LogP contribution in [0, 0.1) is 5.92 Å². The van der Waals surface area contributed by atoms with E-state index in [0.29, 0.717) is 6.54 Å². The van der Waals surface area contributed by atoms with Gasteiger partial charge in [-0.3, -0.25) is 9.78 Å². The zero-order chi connectivity index (χ0) is 12.1. The molecule has 1 unspecified atom stereocenters. The van der Waals surface area contributed by atoms with Crippen LogP contribution in [-0.4, -0.2) is 35.4 Å². The summed E-state index contributed by atoms with van der Waals surface area (Å²) in [6.45, 7) is 5.15. The number of hydrogen-bond donors (Lipinski definition) is 1. The summed E-state index contributed by atoms with van der Waals surface area (Å²) in [6, 6.07) is 5.81. The molecule has 1 atom stereocenters. The van der Waals surface area contributed by atoms with Crippen molar-refractivity contribution in [3.05, 3.63) is 30.1 Å². The monoisotopic (exact) mass is 305 g/mol. The van der Waals surface area contributed by atoms with E-state index in [2.05, 4.69) is 10.3 Å². The van der Waals surface area contributed by atoms with Crippen LogP contribution >= 0.6 is 24.8 Å². The highest BCUT2D eigenvalue weighted by molar-refractivity contribution is 5.85. The van der Waals surface area contributed by atoms with Crippen molar-refractivity contribution in [2.24, 2.45) is 5.92 Å². The Morgan fingerprint density at radius 3 is 2.79 bits per heavy atom. The van der Waals surface area contributed by atoms with E-state index in [-0.39, 0.29) is 36.6 Å². The number of carbonyl (C=O) groups is 1. The van der Waals surface area contributed by atoms with E-state index in [4.69, 9.17) is 0 Å². The van der Waals surface area contributed by atoms with Crippen LogP contribution in [0.15, 0.2) is 24.4 Å². The number of nitrogens with one attached hydrogen (secondary N) is 1. The van der Waals surface area contributed by atoms with Gasteiger partial charge in [0.05, 0.1) is 18.2 Å². The first-order valence-corrected chi connectivity index (χ1v) is 6.20. The van der Waals surface area contributed by atoms with Gasteiger partial charge in [-0.25, -0.2) is 0 Å². The van der Waals surface area contributed by atoms with Gasteiger partial charge in [-0.1, -0.05) is 6.07 Å². The van der Waals surface area contributed by atoms with E-state index in [0.717, 1.165) is 31.7 Å². The second-order valence-electron chi connectivity index (χ2n) is 4.36. The average Bonchev–Trinajstić information content (AvgIpc) is 2.90. The molecular weight excluding hydrogens is 285 g/mol. The second kappa shape index (κ2) is 9.13. The Labute approximate surface area is 126 Å². The lowest BCUT2D eigenvalue weighted by atomic mass is 10.1. The third-order valence-electron chi connectivity index (χ3n) is 3.18. The van der Waals surface area contributed by atoms with Crippen LogP contribution in [0.25, 0.3) is 0 Å². The Morgan fingerprint density at radius 2 is 2.26 bits per heavy atom. The number of aromatic nitrogens is 1. The summed E-state index contributed by atoms with van der Waals surface area (Å²) in [5, 5.41) is 3.23. The van der Waals surface area contributed by atoms with E-state index in [1.807, 2.05) is 30.0 Å². The highest BCUT2D eigenvalue weighted by atomic mass is 35.5. The fourth-order valence-corrected chi connectivity index (χ4v) is 2.16. The van der Waals surface area contributed by atoms with Gasteiger partial charge in [0.25, 0.3) is 0 Å². The molecule has 6 heteroatoms. The number of carbonyl (C=O) groups excluding carboxylic acids is 1. The maximum atomic E-state index is 12.2. The van der Waals surface area contributed by atoms with Gasteiger partial charge in [-0.15, -0.1) is 24.8 Å². The van der Waals surface area contributed by atoms with Gasteiger partial charge in [-0.05, 0) is 32.0 Å². The topological polar surface area (TPSA) is 45.2 Å². The molecule has 0 radical (unpaired) electrons. The van der Waals surface area contributed by atoms with E-state index in [9.17, 15) is 4.79 Å². The minimum absolute atomic E-state index is 0. The van der Waals surface area contributed by atoms with Crippen molar-refractivity contribution >= 4 is 30.7 Å². The van der Waals surface area contributed by atoms with Crippen molar-refractivity contribution in [3.63, 3.8) is 0 Å². The average molecular weight is 306 g/mol. The van der Waals surface area contributed by atoms with Crippen molar-refractivity contribution < 1.29 is 4.79 Å². The molecule has 2 heterocycles. The molecule has 0 aromatic carbocycles. The zero-order valence-corrected chi connectivity index (χ0v) is 12.7. The van der Waals surface area contributed by atoms with E-state index >= 15 is 0 Å². The van der Waals surface area contributed by atoms with E-state index < -0.39 is 0 Å². The second-order valence-corrected chi connectivity index (χ2v) is 4.36. The SMILES string of the molecule is CCN(Cc1ccccn1)C(=O)C1CCNC1.Cl.Cl. The summed E-state index contributed by atoms with van der Waals surface area (Å²) in [5.74, 6) is 0.404. The summed E-state index contributed by atoms with van der Waals surface area (Å²) in [6.07, 6.45) is 2.72. The number of nitrogens with zero attached hydrogens (tertiary/aromatic N) is 2. The number of hydrogen-bond acceptors (Lipinski definition) is 3. The Hall–Kier alpha value is -0.840. The molecule has 1 fully saturated rings. The van der Waals surface area contributed by atoms with Crippen LogP contribution in [0.2, 0.25) is 0 Å². The molecule has 0 saturated carbocycles. The standard InChI is InChI=1S/C13H19N3O.2ClH/c1-2-16(10-12-5-3-4-7-15-12)13(17)11-6-8-14-9-11;;/h3-5,7,11,14H,2,6,8-10H2,1H3;2*1H. The number of amides is 1. The maximum Gasteiger partial charge on any atom is 0.227 e. The van der Waals surface area contributed by atoms with Crippen molar-refractivity contribution in [3.8, 4) is 0 Å². The Morgan fingerprint density at radius 1 is 1.47 bits per heavy atom.